The molecule has 0 aromatic heterocycles. The molecule has 0 spiro atoms. The molecule has 0 aliphatic heterocycles. The first-order chi connectivity index (χ1) is 19.1. The van der Waals surface area contributed by atoms with Crippen LogP contribution in [0, 0.1) is 0 Å². The van der Waals surface area contributed by atoms with Gasteiger partial charge in [-0.25, -0.2) is 4.79 Å². The van der Waals surface area contributed by atoms with Crippen molar-refractivity contribution in [2.24, 2.45) is 0 Å². The molecule has 40 heavy (non-hydrogen) atoms. The monoisotopic (exact) mass is 555 g/mol. The Kier molecular flexibility index (Phi) is 12.6. The molecule has 1 radical (unpaired) electrons. The number of amides is 4. The lowest BCUT2D eigenvalue weighted by Crippen LogP contribution is -2.56. The van der Waals surface area contributed by atoms with Crippen LogP contribution in [0.2, 0.25) is 0 Å². The Labute approximate surface area is 230 Å². The van der Waals surface area contributed by atoms with Crippen molar-refractivity contribution in [3.63, 3.8) is 0 Å². The van der Waals surface area contributed by atoms with Crippen LogP contribution in [-0.4, -0.2) is 71.0 Å². The molecule has 13 nitrogen and oxygen atoms in total. The summed E-state index contributed by atoms with van der Waals surface area (Å²) in [5.74, 6) is -3.46. The Morgan fingerprint density at radius 3 is 2.15 bits per heavy atom. The molecule has 213 valence electrons. The lowest BCUT2D eigenvalue weighted by molar-refractivity contribution is -0.137. The average molecular weight is 556 g/mol. The van der Waals surface area contributed by atoms with Crippen molar-refractivity contribution in [3.05, 3.63) is 65.7 Å². The summed E-state index contributed by atoms with van der Waals surface area (Å²) in [5.41, 5.74) is 1.29. The third-order valence-electron chi connectivity index (χ3n) is 5.56. The molecule has 0 aliphatic carbocycles. The highest BCUT2D eigenvalue weighted by Crippen LogP contribution is 2.12. The van der Waals surface area contributed by atoms with E-state index < -0.39 is 60.9 Å². The van der Waals surface area contributed by atoms with Crippen LogP contribution in [0.1, 0.15) is 30.9 Å². The lowest BCUT2D eigenvalue weighted by Gasteiger charge is -2.23. The molecule has 0 saturated heterocycles. The van der Waals surface area contributed by atoms with Gasteiger partial charge in [-0.15, -0.1) is 0 Å². The van der Waals surface area contributed by atoms with Gasteiger partial charge in [0.25, 0.3) is 0 Å². The van der Waals surface area contributed by atoms with Crippen molar-refractivity contribution in [1.82, 2.24) is 21.3 Å². The van der Waals surface area contributed by atoms with E-state index in [1.54, 1.807) is 42.5 Å². The minimum Gasteiger partial charge on any atom is -0.508 e. The maximum Gasteiger partial charge on any atom is 0.408 e. The standard InChI is InChI=1S/C27H31N4O9/c1-17(24(36)30-22(25(37)28-13-14-32)15-18-7-9-20(33)10-8-18)29-26(38)21(11-12-23(34)35)31-27(39)40-16-19-5-3-2-4-6-19/h2-10,17,21-22,33H,11-13,15-16H2,1H3,(H,28,37)(H,29,38)(H,30,36)(H,31,39)(H,34,35)/t17-,21-,22-/m0/s1. The average Bonchev–Trinajstić information content (AvgIpc) is 2.93. The normalized spacial score (nSPS) is 12.6. The number of hydrogen-bond donors (Lipinski definition) is 6. The molecule has 0 fully saturated rings. The van der Waals surface area contributed by atoms with Crippen LogP contribution in [0.5, 0.6) is 5.75 Å². The molecule has 2 rings (SSSR count). The number of carbonyl (C=O) groups is 5. The van der Waals surface area contributed by atoms with Gasteiger partial charge >= 0.3 is 12.1 Å². The third-order valence-corrected chi connectivity index (χ3v) is 5.56. The number of nitrogens with one attached hydrogen (secondary N) is 4. The molecule has 4 amide bonds. The predicted molar refractivity (Wildman–Crippen MR) is 140 cm³/mol. The van der Waals surface area contributed by atoms with E-state index in [0.29, 0.717) is 11.1 Å². The molecule has 6 N–H and O–H groups in total. The Bertz CT molecular complexity index is 1170. The highest BCUT2D eigenvalue weighted by molar-refractivity contribution is 5.94. The fraction of sp³-hybridized carbons (Fsp3) is 0.333. The number of carboxylic acid groups (broad SMARTS) is 1. The number of alkyl carbamates (subject to hydrolysis) is 1. The van der Waals surface area contributed by atoms with E-state index in [-0.39, 0.29) is 25.2 Å². The summed E-state index contributed by atoms with van der Waals surface area (Å²) < 4.78 is 5.10. The first kappa shape index (κ1) is 31.3. The summed E-state index contributed by atoms with van der Waals surface area (Å²) in [7, 11) is 0. The second-order valence-electron chi connectivity index (χ2n) is 8.72. The van der Waals surface area contributed by atoms with E-state index in [9.17, 15) is 33.9 Å². The van der Waals surface area contributed by atoms with Crippen LogP contribution >= 0.6 is 0 Å². The van der Waals surface area contributed by atoms with Gasteiger partial charge in [0.1, 0.15) is 30.5 Å². The highest BCUT2D eigenvalue weighted by atomic mass is 16.5. The Morgan fingerprint density at radius 1 is 0.850 bits per heavy atom. The van der Waals surface area contributed by atoms with Gasteiger partial charge in [-0.1, -0.05) is 42.5 Å². The fourth-order valence-corrected chi connectivity index (χ4v) is 3.44. The Balaban J connectivity index is 2.03. The van der Waals surface area contributed by atoms with Crippen LogP contribution in [0.4, 0.5) is 4.79 Å². The summed E-state index contributed by atoms with van der Waals surface area (Å²) in [6.45, 7) is 0.861. The van der Waals surface area contributed by atoms with Gasteiger partial charge < -0.3 is 36.2 Å². The number of hydrogen-bond acceptors (Lipinski definition) is 8. The van der Waals surface area contributed by atoms with Gasteiger partial charge in [-0.05, 0) is 36.6 Å². The summed E-state index contributed by atoms with van der Waals surface area (Å²) in [4.78, 5) is 72.1. The number of aromatic hydroxyl groups is 1. The molecule has 0 heterocycles. The van der Waals surface area contributed by atoms with E-state index in [4.69, 9.17) is 9.84 Å². The molecule has 2 aromatic carbocycles. The number of rotatable bonds is 15. The van der Waals surface area contributed by atoms with Crippen LogP contribution in [0.15, 0.2) is 54.6 Å². The summed E-state index contributed by atoms with van der Waals surface area (Å²) in [6.07, 6.45) is -0.143. The molecule has 13 heteroatoms. The van der Waals surface area contributed by atoms with E-state index in [1.165, 1.54) is 25.3 Å². The zero-order chi connectivity index (χ0) is 29.5. The number of carboxylic acids is 1. The topological polar surface area (TPSA) is 200 Å². The number of aliphatic carboxylic acids is 1. The maximum atomic E-state index is 12.9. The number of phenols is 1. The summed E-state index contributed by atoms with van der Waals surface area (Å²) >= 11 is 0. The van der Waals surface area contributed by atoms with E-state index >= 15 is 0 Å². The minimum absolute atomic E-state index is 0.00737. The van der Waals surface area contributed by atoms with Gasteiger partial charge in [-0.2, -0.15) is 0 Å². The van der Waals surface area contributed by atoms with E-state index in [2.05, 4.69) is 21.3 Å². The van der Waals surface area contributed by atoms with Gasteiger partial charge in [0.05, 0.1) is 6.54 Å². The number of benzene rings is 2. The van der Waals surface area contributed by atoms with Crippen LogP contribution in [0.3, 0.4) is 0 Å². The first-order valence-corrected chi connectivity index (χ1v) is 12.3. The third kappa shape index (κ3) is 11.2. The number of ether oxygens (including phenoxy) is 1. The van der Waals surface area contributed by atoms with Gasteiger partial charge in [0.2, 0.25) is 24.0 Å². The largest absolute Gasteiger partial charge is 0.508 e. The first-order valence-electron chi connectivity index (χ1n) is 12.3. The second-order valence-corrected chi connectivity index (χ2v) is 8.72. The van der Waals surface area contributed by atoms with Gasteiger partial charge in [0.15, 0.2) is 0 Å². The van der Waals surface area contributed by atoms with Crippen LogP contribution in [-0.2, 0) is 41.7 Å². The van der Waals surface area contributed by atoms with E-state index in [0.717, 1.165) is 0 Å². The summed E-state index contributed by atoms with van der Waals surface area (Å²) in [5, 5.41) is 28.0. The maximum absolute atomic E-state index is 12.9. The van der Waals surface area contributed by atoms with Crippen molar-refractivity contribution < 1.29 is 43.7 Å². The molecule has 0 aliphatic rings. The Hall–Kier alpha value is -4.94. The summed E-state index contributed by atoms with van der Waals surface area (Å²) in [6, 6.07) is 11.0. The molecule has 0 bridgehead atoms. The fourth-order valence-electron chi connectivity index (χ4n) is 3.44. The predicted octanol–water partition coefficient (Wildman–Crippen LogP) is 0.310. The van der Waals surface area contributed by atoms with Crippen molar-refractivity contribution >= 4 is 36.1 Å². The van der Waals surface area contributed by atoms with Gasteiger partial charge in [-0.3, -0.25) is 24.0 Å². The Morgan fingerprint density at radius 2 is 1.52 bits per heavy atom. The molecule has 2 aromatic rings. The second kappa shape index (κ2) is 16.1. The zero-order valence-corrected chi connectivity index (χ0v) is 21.7. The SMILES string of the molecule is C[C@H](NC(=O)[C@H](CCC(=O)O)NC(=O)OCc1ccccc1)C(=O)N[C@@H](Cc1ccc(O)cc1)C(=O)NC[C]=O. The van der Waals surface area contributed by atoms with Crippen molar-refractivity contribution in [2.75, 3.05) is 6.54 Å². The molecular weight excluding hydrogens is 524 g/mol. The molecule has 3 atom stereocenters. The zero-order valence-electron chi connectivity index (χ0n) is 21.7. The quantitative estimate of drug-likeness (QED) is 0.179. The van der Waals surface area contributed by atoms with Crippen molar-refractivity contribution in [3.8, 4) is 5.75 Å². The number of phenolic OH excluding ortho intramolecular Hbond substituents is 1. The molecule has 0 saturated carbocycles. The lowest BCUT2D eigenvalue weighted by atomic mass is 10.0. The molecular formula is C27H31N4O9. The molecule has 0 unspecified atom stereocenters. The smallest absolute Gasteiger partial charge is 0.408 e. The number of carbonyl (C=O) groups excluding carboxylic acids is 5. The van der Waals surface area contributed by atoms with E-state index in [1.807, 2.05) is 0 Å². The van der Waals surface area contributed by atoms with Crippen LogP contribution < -0.4 is 21.3 Å². The van der Waals surface area contributed by atoms with Crippen molar-refractivity contribution in [2.45, 2.75) is 50.9 Å². The van der Waals surface area contributed by atoms with Crippen LogP contribution in [0.25, 0.3) is 0 Å². The minimum atomic E-state index is -1.33. The highest BCUT2D eigenvalue weighted by Gasteiger charge is 2.28. The van der Waals surface area contributed by atoms with Gasteiger partial charge in [0, 0.05) is 12.8 Å². The van der Waals surface area contributed by atoms with Crippen molar-refractivity contribution in [1.29, 1.82) is 0 Å².